The molecular formula is C22H20N6. The van der Waals surface area contributed by atoms with Gasteiger partial charge in [-0.25, -0.2) is 4.98 Å². The van der Waals surface area contributed by atoms with E-state index in [2.05, 4.69) is 68.4 Å². The maximum absolute atomic E-state index is 4.60. The van der Waals surface area contributed by atoms with Gasteiger partial charge in [0.05, 0.1) is 29.6 Å². The van der Waals surface area contributed by atoms with Crippen LogP contribution >= 0.6 is 0 Å². The number of aryl methyl sites for hydroxylation is 2. The molecule has 5 rings (SSSR count). The van der Waals surface area contributed by atoms with E-state index in [1.807, 2.05) is 30.2 Å². The molecule has 28 heavy (non-hydrogen) atoms. The Balaban J connectivity index is 1.60. The molecule has 0 fully saturated rings. The molecule has 0 bridgehead atoms. The predicted molar refractivity (Wildman–Crippen MR) is 112 cm³/mol. The average molecular weight is 368 g/mol. The number of benzene rings is 2. The largest absolute Gasteiger partial charge is 0.379 e. The Morgan fingerprint density at radius 1 is 0.964 bits per heavy atom. The Hall–Kier alpha value is -3.67. The van der Waals surface area contributed by atoms with Crippen molar-refractivity contribution in [1.29, 1.82) is 0 Å². The molecule has 2 aromatic carbocycles. The third-order valence-corrected chi connectivity index (χ3v) is 5.00. The molecule has 3 heterocycles. The van der Waals surface area contributed by atoms with E-state index in [9.17, 15) is 0 Å². The van der Waals surface area contributed by atoms with Crippen LogP contribution in [0.3, 0.4) is 0 Å². The molecule has 6 heteroatoms. The van der Waals surface area contributed by atoms with Crippen molar-refractivity contribution in [2.24, 2.45) is 14.1 Å². The van der Waals surface area contributed by atoms with Gasteiger partial charge >= 0.3 is 0 Å². The molecular weight excluding hydrogens is 348 g/mol. The number of anilines is 1. The quantitative estimate of drug-likeness (QED) is 0.518. The van der Waals surface area contributed by atoms with Crippen molar-refractivity contribution in [3.05, 3.63) is 73.2 Å². The topological polar surface area (TPSA) is 60.6 Å². The summed E-state index contributed by atoms with van der Waals surface area (Å²) in [6.07, 6.45) is 9.38. The summed E-state index contributed by atoms with van der Waals surface area (Å²) in [4.78, 5) is 13.5. The molecule has 0 aliphatic heterocycles. The van der Waals surface area contributed by atoms with Gasteiger partial charge in [0.15, 0.2) is 0 Å². The first-order chi connectivity index (χ1) is 13.7. The highest BCUT2D eigenvalue weighted by Gasteiger charge is 2.10. The second-order valence-corrected chi connectivity index (χ2v) is 7.03. The van der Waals surface area contributed by atoms with Crippen LogP contribution in [0.2, 0.25) is 0 Å². The zero-order valence-corrected chi connectivity index (χ0v) is 15.8. The second kappa shape index (κ2) is 6.49. The van der Waals surface area contributed by atoms with Gasteiger partial charge in [-0.15, -0.1) is 0 Å². The van der Waals surface area contributed by atoms with E-state index in [1.54, 1.807) is 12.4 Å². The number of imidazole rings is 1. The molecule has 3 aromatic heterocycles. The van der Waals surface area contributed by atoms with Gasteiger partial charge < -0.3 is 14.5 Å². The van der Waals surface area contributed by atoms with Gasteiger partial charge in [-0.2, -0.15) is 0 Å². The van der Waals surface area contributed by atoms with Crippen LogP contribution in [0.25, 0.3) is 33.1 Å². The van der Waals surface area contributed by atoms with Crippen LogP contribution in [-0.4, -0.2) is 24.1 Å². The zero-order valence-electron chi connectivity index (χ0n) is 15.8. The molecule has 1 N–H and O–H groups in total. The summed E-state index contributed by atoms with van der Waals surface area (Å²) >= 11 is 0. The number of hydrogen-bond acceptors (Lipinski definition) is 4. The summed E-state index contributed by atoms with van der Waals surface area (Å²) in [6.45, 7) is 0.656. The number of nitrogens with one attached hydrogen (secondary N) is 1. The molecule has 0 saturated heterocycles. The second-order valence-electron chi connectivity index (χ2n) is 7.03. The molecule has 0 radical (unpaired) electrons. The summed E-state index contributed by atoms with van der Waals surface area (Å²) in [6, 6.07) is 12.8. The van der Waals surface area contributed by atoms with Crippen molar-refractivity contribution in [3.8, 4) is 11.1 Å². The molecule has 0 spiro atoms. The summed E-state index contributed by atoms with van der Waals surface area (Å²) in [7, 11) is 4.04. The maximum Gasteiger partial charge on any atom is 0.0966 e. The number of fused-ring (bicyclic) bond motifs is 2. The summed E-state index contributed by atoms with van der Waals surface area (Å²) < 4.78 is 4.08. The summed E-state index contributed by atoms with van der Waals surface area (Å²) in [5.74, 6) is 0. The van der Waals surface area contributed by atoms with Crippen LogP contribution in [0.15, 0.2) is 67.5 Å². The van der Waals surface area contributed by atoms with E-state index in [1.165, 1.54) is 10.9 Å². The van der Waals surface area contributed by atoms with Crippen molar-refractivity contribution in [1.82, 2.24) is 24.1 Å². The minimum Gasteiger partial charge on any atom is -0.379 e. The molecule has 0 atom stereocenters. The normalized spacial score (nSPS) is 11.4. The van der Waals surface area contributed by atoms with E-state index >= 15 is 0 Å². The lowest BCUT2D eigenvalue weighted by molar-refractivity contribution is 0.912. The van der Waals surface area contributed by atoms with Crippen molar-refractivity contribution in [2.45, 2.75) is 6.54 Å². The zero-order chi connectivity index (χ0) is 19.1. The fraction of sp³-hybridized carbons (Fsp3) is 0.136. The molecule has 0 aliphatic rings. The van der Waals surface area contributed by atoms with Gasteiger partial charge in [-0.1, -0.05) is 12.1 Å². The average Bonchev–Trinajstić information content (AvgIpc) is 3.31. The van der Waals surface area contributed by atoms with Crippen LogP contribution in [0.4, 0.5) is 5.69 Å². The van der Waals surface area contributed by atoms with Crippen LogP contribution < -0.4 is 5.32 Å². The predicted octanol–water partition coefficient (Wildman–Crippen LogP) is 4.13. The smallest absolute Gasteiger partial charge is 0.0966 e. The minimum atomic E-state index is 0.656. The molecule has 0 unspecified atom stereocenters. The maximum atomic E-state index is 4.60. The molecule has 0 amide bonds. The number of rotatable bonds is 4. The highest BCUT2D eigenvalue weighted by Crippen LogP contribution is 2.32. The lowest BCUT2D eigenvalue weighted by atomic mass is 10.0. The van der Waals surface area contributed by atoms with E-state index in [4.69, 9.17) is 0 Å². The monoisotopic (exact) mass is 368 g/mol. The Labute approximate surface area is 162 Å². The Bertz CT molecular complexity index is 1300. The lowest BCUT2D eigenvalue weighted by Crippen LogP contribution is -2.01. The van der Waals surface area contributed by atoms with Crippen molar-refractivity contribution in [2.75, 3.05) is 5.32 Å². The van der Waals surface area contributed by atoms with E-state index < -0.39 is 0 Å². The minimum absolute atomic E-state index is 0.656. The van der Waals surface area contributed by atoms with Gasteiger partial charge in [-0.05, 0) is 35.2 Å². The van der Waals surface area contributed by atoms with Crippen molar-refractivity contribution < 1.29 is 0 Å². The van der Waals surface area contributed by atoms with Gasteiger partial charge in [0.2, 0.25) is 0 Å². The Morgan fingerprint density at radius 2 is 1.86 bits per heavy atom. The first kappa shape index (κ1) is 16.5. The van der Waals surface area contributed by atoms with Crippen LogP contribution in [-0.2, 0) is 20.6 Å². The van der Waals surface area contributed by atoms with E-state index in [0.29, 0.717) is 6.54 Å². The number of aromatic nitrogens is 5. The molecule has 0 aliphatic carbocycles. The highest BCUT2D eigenvalue weighted by molar-refractivity contribution is 5.97. The SMILES string of the molecule is Cn1cnc(CNc2cc(-c3ccc4ccn(C)c4c3)c3nccnc3c2)c1. The van der Waals surface area contributed by atoms with Gasteiger partial charge in [0.25, 0.3) is 0 Å². The van der Waals surface area contributed by atoms with Gasteiger partial charge in [-0.3, -0.25) is 9.97 Å². The van der Waals surface area contributed by atoms with Gasteiger partial charge in [0.1, 0.15) is 0 Å². The van der Waals surface area contributed by atoms with Gasteiger partial charge in [0, 0.05) is 55.7 Å². The van der Waals surface area contributed by atoms with Crippen LogP contribution in [0.5, 0.6) is 0 Å². The summed E-state index contributed by atoms with van der Waals surface area (Å²) in [5.41, 5.74) is 7.16. The van der Waals surface area contributed by atoms with Crippen LogP contribution in [0.1, 0.15) is 5.69 Å². The Morgan fingerprint density at radius 3 is 2.71 bits per heavy atom. The lowest BCUT2D eigenvalue weighted by Gasteiger charge is -2.11. The third kappa shape index (κ3) is 2.89. The number of hydrogen-bond donors (Lipinski definition) is 1. The van der Waals surface area contributed by atoms with E-state index in [0.717, 1.165) is 33.5 Å². The molecule has 0 saturated carbocycles. The molecule has 5 aromatic rings. The fourth-order valence-corrected chi connectivity index (χ4v) is 3.58. The van der Waals surface area contributed by atoms with Crippen molar-refractivity contribution >= 4 is 27.6 Å². The summed E-state index contributed by atoms with van der Waals surface area (Å²) in [5, 5.41) is 4.70. The fourth-order valence-electron chi connectivity index (χ4n) is 3.58. The molecule has 6 nitrogen and oxygen atoms in total. The first-order valence-electron chi connectivity index (χ1n) is 9.18. The first-order valence-corrected chi connectivity index (χ1v) is 9.18. The van der Waals surface area contributed by atoms with Crippen LogP contribution in [0, 0.1) is 0 Å². The highest BCUT2D eigenvalue weighted by atomic mass is 15.0. The van der Waals surface area contributed by atoms with Crippen molar-refractivity contribution in [3.63, 3.8) is 0 Å². The number of nitrogens with zero attached hydrogens (tertiary/aromatic N) is 5. The Kier molecular flexibility index (Phi) is 3.83. The standard InChI is InChI=1S/C22H20N6/c1-27-13-18(26-14-27)12-25-17-10-19(22-20(11-17)23-6-7-24-22)16-4-3-15-5-8-28(2)21(15)9-16/h3-11,13-14,25H,12H2,1-2H3. The van der Waals surface area contributed by atoms with E-state index in [-0.39, 0.29) is 0 Å². The third-order valence-electron chi connectivity index (χ3n) is 5.00. The molecule has 138 valence electrons.